The van der Waals surface area contributed by atoms with Crippen molar-refractivity contribution in [1.82, 2.24) is 24.0 Å². The van der Waals surface area contributed by atoms with Gasteiger partial charge in [0.1, 0.15) is 4.90 Å². The summed E-state index contributed by atoms with van der Waals surface area (Å²) in [6, 6.07) is 11.3. The van der Waals surface area contributed by atoms with Crippen LogP contribution >= 0.6 is 0 Å². The summed E-state index contributed by atoms with van der Waals surface area (Å²) in [6.07, 6.45) is 3.89. The first-order valence-corrected chi connectivity index (χ1v) is 10.9. The Morgan fingerprint density at radius 3 is 2.17 bits per heavy atom. The number of aryl methyl sites for hydroxylation is 2. The number of nitrogens with zero attached hydrogens (tertiary/aromatic N) is 4. The van der Waals surface area contributed by atoms with Crippen LogP contribution in [-0.2, 0) is 10.0 Å². The molecule has 1 N–H and O–H groups in total. The van der Waals surface area contributed by atoms with Crippen molar-refractivity contribution < 1.29 is 13.2 Å². The number of nitrogens with one attached hydrogen (secondary N) is 1. The quantitative estimate of drug-likeness (QED) is 0.708. The van der Waals surface area contributed by atoms with Gasteiger partial charge in [0.15, 0.2) is 0 Å². The summed E-state index contributed by atoms with van der Waals surface area (Å²) in [5, 5.41) is 6.71. The molecule has 1 amide bonds. The number of H-pyrrole nitrogens is 1. The molecule has 0 spiro atoms. The molecule has 0 aliphatic carbocycles. The SMILES string of the molecule is Cc1n[nH]c(C)c1S(=O)(=O)N1CCN(C(=O)c2ccc(-n3cccc3)cc2)CC1. The van der Waals surface area contributed by atoms with Gasteiger partial charge in [0.25, 0.3) is 5.91 Å². The van der Waals surface area contributed by atoms with Crippen molar-refractivity contribution in [2.24, 2.45) is 0 Å². The smallest absolute Gasteiger partial charge is 0.253 e. The fourth-order valence-corrected chi connectivity index (χ4v) is 5.40. The third-order valence-corrected chi connectivity index (χ3v) is 7.36. The molecule has 0 atom stereocenters. The molecule has 0 unspecified atom stereocenters. The van der Waals surface area contributed by atoms with Gasteiger partial charge < -0.3 is 9.47 Å². The maximum atomic E-state index is 12.9. The number of aromatic nitrogens is 3. The molecule has 4 rings (SSSR count). The molecule has 1 saturated heterocycles. The van der Waals surface area contributed by atoms with Crippen molar-refractivity contribution in [3.8, 4) is 5.69 Å². The molecule has 9 heteroatoms. The lowest BCUT2D eigenvalue weighted by molar-refractivity contribution is 0.0698. The second kappa shape index (κ2) is 7.49. The van der Waals surface area contributed by atoms with Gasteiger partial charge in [-0.05, 0) is 50.2 Å². The molecular weight excluding hydrogens is 390 g/mol. The summed E-state index contributed by atoms with van der Waals surface area (Å²) >= 11 is 0. The number of carbonyl (C=O) groups is 1. The van der Waals surface area contributed by atoms with E-state index in [4.69, 9.17) is 0 Å². The Morgan fingerprint density at radius 2 is 1.62 bits per heavy atom. The van der Waals surface area contributed by atoms with E-state index < -0.39 is 10.0 Å². The standard InChI is InChI=1S/C20H23N5O3S/c1-15-19(16(2)22-21-15)29(27,28)25-13-11-24(12-14-25)20(26)17-5-7-18(8-6-17)23-9-3-4-10-23/h3-10H,11-14H2,1-2H3,(H,21,22). The zero-order chi connectivity index (χ0) is 20.6. The molecule has 8 nitrogen and oxygen atoms in total. The molecule has 1 aliphatic rings. The van der Waals surface area contributed by atoms with Crippen LogP contribution in [0, 0.1) is 13.8 Å². The van der Waals surface area contributed by atoms with E-state index in [1.54, 1.807) is 30.9 Å². The number of piperazine rings is 1. The Kier molecular flexibility index (Phi) is 5.01. The van der Waals surface area contributed by atoms with Crippen molar-refractivity contribution in [2.45, 2.75) is 18.7 Å². The lowest BCUT2D eigenvalue weighted by Gasteiger charge is -2.34. The molecule has 1 fully saturated rings. The van der Waals surface area contributed by atoms with Crippen molar-refractivity contribution in [3.05, 3.63) is 65.7 Å². The fourth-order valence-electron chi connectivity index (χ4n) is 3.65. The van der Waals surface area contributed by atoms with Crippen molar-refractivity contribution in [1.29, 1.82) is 0 Å². The maximum Gasteiger partial charge on any atom is 0.253 e. The van der Waals surface area contributed by atoms with Crippen molar-refractivity contribution >= 4 is 15.9 Å². The normalized spacial score (nSPS) is 15.6. The van der Waals surface area contributed by atoms with Gasteiger partial charge in [-0.1, -0.05) is 0 Å². The lowest BCUT2D eigenvalue weighted by Crippen LogP contribution is -2.50. The number of sulfonamides is 1. The molecule has 0 saturated carbocycles. The topological polar surface area (TPSA) is 91.3 Å². The summed E-state index contributed by atoms with van der Waals surface area (Å²) < 4.78 is 29.3. The van der Waals surface area contributed by atoms with Gasteiger partial charge in [-0.25, -0.2) is 8.42 Å². The third-order valence-electron chi connectivity index (χ3n) is 5.20. The molecule has 3 aromatic rings. The van der Waals surface area contributed by atoms with Crippen LogP contribution in [-0.4, -0.2) is 64.5 Å². The van der Waals surface area contributed by atoms with Crippen LogP contribution in [0.3, 0.4) is 0 Å². The minimum absolute atomic E-state index is 0.0863. The van der Waals surface area contributed by atoms with Gasteiger partial charge in [-0.3, -0.25) is 9.89 Å². The highest BCUT2D eigenvalue weighted by Gasteiger charge is 2.33. The Hall–Kier alpha value is -2.91. The van der Waals surface area contributed by atoms with Gasteiger partial charge in [0.05, 0.1) is 11.4 Å². The van der Waals surface area contributed by atoms with Crippen LogP contribution in [0.25, 0.3) is 5.69 Å². The molecule has 29 heavy (non-hydrogen) atoms. The summed E-state index contributed by atoms with van der Waals surface area (Å²) in [4.78, 5) is 14.8. The van der Waals surface area contributed by atoms with E-state index in [-0.39, 0.29) is 23.9 Å². The molecule has 3 heterocycles. The first-order chi connectivity index (χ1) is 13.9. The number of hydrogen-bond donors (Lipinski definition) is 1. The highest BCUT2D eigenvalue weighted by Crippen LogP contribution is 2.23. The third kappa shape index (κ3) is 3.58. The first-order valence-electron chi connectivity index (χ1n) is 9.42. The van der Waals surface area contributed by atoms with Crippen LogP contribution in [0.4, 0.5) is 0 Å². The minimum atomic E-state index is -3.63. The lowest BCUT2D eigenvalue weighted by atomic mass is 10.1. The predicted molar refractivity (Wildman–Crippen MR) is 108 cm³/mol. The van der Waals surface area contributed by atoms with E-state index in [9.17, 15) is 13.2 Å². The van der Waals surface area contributed by atoms with E-state index >= 15 is 0 Å². The molecule has 0 bridgehead atoms. The van der Waals surface area contributed by atoms with Gasteiger partial charge >= 0.3 is 0 Å². The van der Waals surface area contributed by atoms with Crippen LogP contribution in [0.1, 0.15) is 21.7 Å². The summed E-state index contributed by atoms with van der Waals surface area (Å²) in [6.45, 7) is 4.61. The van der Waals surface area contributed by atoms with E-state index in [0.29, 0.717) is 30.0 Å². The van der Waals surface area contributed by atoms with Gasteiger partial charge in [-0.2, -0.15) is 9.40 Å². The molecule has 2 aromatic heterocycles. The average Bonchev–Trinajstić information content (AvgIpc) is 3.38. The number of amides is 1. The Morgan fingerprint density at radius 1 is 1.00 bits per heavy atom. The molecule has 1 aliphatic heterocycles. The summed E-state index contributed by atoms with van der Waals surface area (Å²) in [5.41, 5.74) is 2.57. The van der Waals surface area contributed by atoms with Crippen LogP contribution in [0.5, 0.6) is 0 Å². The first kappa shape index (κ1) is 19.4. The van der Waals surface area contributed by atoms with Crippen molar-refractivity contribution in [3.63, 3.8) is 0 Å². The average molecular weight is 414 g/mol. The predicted octanol–water partition coefficient (Wildman–Crippen LogP) is 1.96. The number of rotatable bonds is 4. The number of benzene rings is 1. The minimum Gasteiger partial charge on any atom is -0.336 e. The largest absolute Gasteiger partial charge is 0.336 e. The highest BCUT2D eigenvalue weighted by molar-refractivity contribution is 7.89. The zero-order valence-corrected chi connectivity index (χ0v) is 17.2. The number of aromatic amines is 1. The summed E-state index contributed by atoms with van der Waals surface area (Å²) in [5.74, 6) is -0.0863. The molecule has 0 radical (unpaired) electrons. The van der Waals surface area contributed by atoms with E-state index in [1.165, 1.54) is 4.31 Å². The van der Waals surface area contributed by atoms with E-state index in [0.717, 1.165) is 5.69 Å². The van der Waals surface area contributed by atoms with Crippen LogP contribution < -0.4 is 0 Å². The monoisotopic (exact) mass is 413 g/mol. The Balaban J connectivity index is 1.43. The number of carbonyl (C=O) groups excluding carboxylic acids is 1. The molecular formula is C20H23N5O3S. The fraction of sp³-hybridized carbons (Fsp3) is 0.300. The van der Waals surface area contributed by atoms with Crippen LogP contribution in [0.15, 0.2) is 53.7 Å². The van der Waals surface area contributed by atoms with Gasteiger partial charge in [0.2, 0.25) is 10.0 Å². The van der Waals surface area contributed by atoms with Crippen molar-refractivity contribution in [2.75, 3.05) is 26.2 Å². The summed E-state index contributed by atoms with van der Waals surface area (Å²) in [7, 11) is -3.63. The Labute approximate surface area is 169 Å². The van der Waals surface area contributed by atoms with Gasteiger partial charge in [-0.15, -0.1) is 0 Å². The second-order valence-electron chi connectivity index (χ2n) is 7.10. The van der Waals surface area contributed by atoms with Gasteiger partial charge in [0, 0.05) is 49.8 Å². The molecule has 1 aromatic carbocycles. The van der Waals surface area contributed by atoms with Crippen LogP contribution in [0.2, 0.25) is 0 Å². The zero-order valence-electron chi connectivity index (χ0n) is 16.4. The van der Waals surface area contributed by atoms with E-state index in [2.05, 4.69) is 10.2 Å². The Bertz CT molecular complexity index is 1090. The maximum absolute atomic E-state index is 12.9. The number of hydrogen-bond acceptors (Lipinski definition) is 4. The molecule has 152 valence electrons. The second-order valence-corrected chi connectivity index (χ2v) is 8.97. The van der Waals surface area contributed by atoms with E-state index in [1.807, 2.05) is 41.2 Å². The highest BCUT2D eigenvalue weighted by atomic mass is 32.2.